The minimum Gasteiger partial charge on any atom is -0.323 e. The Kier molecular flexibility index (Phi) is 4.75. The van der Waals surface area contributed by atoms with Gasteiger partial charge in [-0.3, -0.25) is 9.59 Å². The highest BCUT2D eigenvalue weighted by molar-refractivity contribution is 8.00. The number of rotatable bonds is 3. The molecule has 1 aliphatic heterocycles. The first kappa shape index (κ1) is 18.6. The third-order valence-corrected chi connectivity index (χ3v) is 7.44. The predicted molar refractivity (Wildman–Crippen MR) is 117 cm³/mol. The summed E-state index contributed by atoms with van der Waals surface area (Å²) in [6, 6.07) is 7.40. The molecule has 2 aliphatic rings. The highest BCUT2D eigenvalue weighted by Crippen LogP contribution is 2.40. The molecule has 0 atom stereocenters. The Hall–Kier alpha value is -2.45. The first-order valence-electron chi connectivity index (χ1n) is 9.71. The largest absolute Gasteiger partial charge is 0.323 e. The average Bonchev–Trinajstić information content (AvgIpc) is 3.09. The van der Waals surface area contributed by atoms with Gasteiger partial charge >= 0.3 is 0 Å². The Morgan fingerprint density at radius 3 is 2.97 bits per heavy atom. The van der Waals surface area contributed by atoms with E-state index < -0.39 is 0 Å². The molecule has 0 fully saturated rings. The molecule has 0 saturated carbocycles. The van der Waals surface area contributed by atoms with Gasteiger partial charge in [0.1, 0.15) is 22.2 Å². The van der Waals surface area contributed by atoms with Crippen LogP contribution in [0.3, 0.4) is 0 Å². The number of thioether (sulfide) groups is 1. The SMILES string of the molecule is Cc1nc(SCC(=O)N2CC(=O)Nc3ccccc32)c2c3c(sc2n1)CCCC3. The van der Waals surface area contributed by atoms with Gasteiger partial charge in [0.05, 0.1) is 17.1 Å². The van der Waals surface area contributed by atoms with Crippen LogP contribution in [0.2, 0.25) is 0 Å². The number of para-hydroxylation sites is 2. The van der Waals surface area contributed by atoms with Crippen molar-refractivity contribution in [2.75, 3.05) is 22.5 Å². The van der Waals surface area contributed by atoms with E-state index in [4.69, 9.17) is 0 Å². The summed E-state index contributed by atoms with van der Waals surface area (Å²) in [6.07, 6.45) is 4.58. The lowest BCUT2D eigenvalue weighted by Gasteiger charge is -2.29. The Morgan fingerprint density at radius 2 is 2.07 bits per heavy atom. The summed E-state index contributed by atoms with van der Waals surface area (Å²) in [6.45, 7) is 1.94. The monoisotopic (exact) mass is 424 g/mol. The molecule has 2 amide bonds. The van der Waals surface area contributed by atoms with Crippen molar-refractivity contribution in [1.29, 1.82) is 0 Å². The van der Waals surface area contributed by atoms with Crippen molar-refractivity contribution in [3.63, 3.8) is 0 Å². The maximum absolute atomic E-state index is 13.0. The Morgan fingerprint density at radius 1 is 1.24 bits per heavy atom. The fraction of sp³-hybridized carbons (Fsp3) is 0.333. The second-order valence-electron chi connectivity index (χ2n) is 7.30. The fourth-order valence-corrected chi connectivity index (χ4v) is 6.34. The van der Waals surface area contributed by atoms with Crippen molar-refractivity contribution >= 4 is 56.5 Å². The van der Waals surface area contributed by atoms with Crippen LogP contribution in [0, 0.1) is 6.92 Å². The van der Waals surface area contributed by atoms with E-state index in [0.717, 1.165) is 39.6 Å². The first-order chi connectivity index (χ1) is 14.1. The average molecular weight is 425 g/mol. The number of anilines is 2. The van der Waals surface area contributed by atoms with Crippen LogP contribution in [0.1, 0.15) is 29.1 Å². The Balaban J connectivity index is 1.43. The number of aryl methyl sites for hydroxylation is 3. The minimum absolute atomic E-state index is 0.0441. The molecule has 0 radical (unpaired) electrons. The Bertz CT molecular complexity index is 1140. The minimum atomic E-state index is -0.172. The first-order valence-corrected chi connectivity index (χ1v) is 11.5. The molecular formula is C21H20N4O2S2. The summed E-state index contributed by atoms with van der Waals surface area (Å²) >= 11 is 3.22. The number of fused-ring (bicyclic) bond motifs is 4. The van der Waals surface area contributed by atoms with E-state index in [1.165, 1.54) is 35.0 Å². The van der Waals surface area contributed by atoms with Gasteiger partial charge in [0.25, 0.3) is 0 Å². The molecule has 3 aromatic rings. The van der Waals surface area contributed by atoms with E-state index in [0.29, 0.717) is 5.69 Å². The third-order valence-electron chi connectivity index (χ3n) is 5.30. The molecule has 0 bridgehead atoms. The van der Waals surface area contributed by atoms with Gasteiger partial charge in [0, 0.05) is 10.3 Å². The number of nitrogens with one attached hydrogen (secondary N) is 1. The van der Waals surface area contributed by atoms with Crippen LogP contribution in [0.4, 0.5) is 11.4 Å². The topological polar surface area (TPSA) is 75.2 Å². The number of benzene rings is 1. The van der Waals surface area contributed by atoms with Gasteiger partial charge in [-0.25, -0.2) is 9.97 Å². The quantitative estimate of drug-likeness (QED) is 0.509. The molecular weight excluding hydrogens is 404 g/mol. The fourth-order valence-electron chi connectivity index (χ4n) is 3.99. The number of thiophene rings is 1. The molecule has 8 heteroatoms. The van der Waals surface area contributed by atoms with E-state index in [-0.39, 0.29) is 24.1 Å². The smallest absolute Gasteiger partial charge is 0.244 e. The standard InChI is InChI=1S/C21H20N4O2S2/c1-12-22-20(19-13-6-2-5-9-16(13)29-21(19)23-12)28-11-18(27)25-10-17(26)24-14-7-3-4-8-15(14)25/h3-4,7-8H,2,5-6,9-11H2,1H3,(H,24,26). The number of hydrogen-bond acceptors (Lipinski definition) is 6. The molecule has 0 unspecified atom stereocenters. The third kappa shape index (κ3) is 3.40. The molecule has 29 heavy (non-hydrogen) atoms. The van der Waals surface area contributed by atoms with Crippen LogP contribution >= 0.6 is 23.1 Å². The summed E-state index contributed by atoms with van der Waals surface area (Å²) in [5.74, 6) is 0.700. The van der Waals surface area contributed by atoms with Crippen LogP contribution in [0.5, 0.6) is 0 Å². The lowest BCUT2D eigenvalue weighted by molar-refractivity contribution is -0.120. The number of nitrogens with zero attached hydrogens (tertiary/aromatic N) is 3. The zero-order valence-electron chi connectivity index (χ0n) is 16.0. The predicted octanol–water partition coefficient (Wildman–Crippen LogP) is 3.96. The van der Waals surface area contributed by atoms with Gasteiger partial charge in [-0.1, -0.05) is 23.9 Å². The normalized spacial score (nSPS) is 15.8. The molecule has 3 heterocycles. The summed E-state index contributed by atoms with van der Waals surface area (Å²) in [5.41, 5.74) is 2.79. The Labute approximate surface area is 176 Å². The second kappa shape index (κ2) is 7.42. The second-order valence-corrected chi connectivity index (χ2v) is 9.35. The van der Waals surface area contributed by atoms with Gasteiger partial charge in [-0.2, -0.15) is 0 Å². The van der Waals surface area contributed by atoms with Crippen molar-refractivity contribution in [3.05, 3.63) is 40.5 Å². The van der Waals surface area contributed by atoms with Crippen LogP contribution in [-0.2, 0) is 22.4 Å². The van der Waals surface area contributed by atoms with Crippen molar-refractivity contribution < 1.29 is 9.59 Å². The maximum atomic E-state index is 13.0. The highest BCUT2D eigenvalue weighted by Gasteiger charge is 2.27. The van der Waals surface area contributed by atoms with E-state index in [2.05, 4.69) is 15.3 Å². The van der Waals surface area contributed by atoms with Crippen LogP contribution in [0.15, 0.2) is 29.3 Å². The van der Waals surface area contributed by atoms with Gasteiger partial charge in [0.2, 0.25) is 11.8 Å². The summed E-state index contributed by atoms with van der Waals surface area (Å²) in [7, 11) is 0. The number of aromatic nitrogens is 2. The lowest BCUT2D eigenvalue weighted by Crippen LogP contribution is -2.43. The number of hydrogen-bond donors (Lipinski definition) is 1. The molecule has 1 aliphatic carbocycles. The van der Waals surface area contributed by atoms with E-state index in [9.17, 15) is 9.59 Å². The van der Waals surface area contributed by atoms with Crippen molar-refractivity contribution in [1.82, 2.24) is 9.97 Å². The molecule has 1 aromatic carbocycles. The van der Waals surface area contributed by atoms with Gasteiger partial charge < -0.3 is 10.2 Å². The van der Waals surface area contributed by atoms with Crippen molar-refractivity contribution in [2.45, 2.75) is 37.6 Å². The van der Waals surface area contributed by atoms with Crippen LogP contribution in [0.25, 0.3) is 10.2 Å². The summed E-state index contributed by atoms with van der Waals surface area (Å²) < 4.78 is 0. The van der Waals surface area contributed by atoms with Crippen molar-refractivity contribution in [2.24, 2.45) is 0 Å². The van der Waals surface area contributed by atoms with Crippen LogP contribution in [-0.4, -0.2) is 34.1 Å². The van der Waals surface area contributed by atoms with E-state index in [1.807, 2.05) is 31.2 Å². The summed E-state index contributed by atoms with van der Waals surface area (Å²) in [4.78, 5) is 38.4. The molecule has 5 rings (SSSR count). The molecule has 0 spiro atoms. The number of amides is 2. The highest BCUT2D eigenvalue weighted by atomic mass is 32.2. The van der Waals surface area contributed by atoms with Gasteiger partial charge in [-0.05, 0) is 50.3 Å². The molecule has 0 saturated heterocycles. The van der Waals surface area contributed by atoms with E-state index in [1.54, 1.807) is 16.2 Å². The maximum Gasteiger partial charge on any atom is 0.244 e. The van der Waals surface area contributed by atoms with Crippen molar-refractivity contribution in [3.8, 4) is 0 Å². The number of carbonyl (C=O) groups is 2. The molecule has 6 nitrogen and oxygen atoms in total. The molecule has 2 aromatic heterocycles. The molecule has 148 valence electrons. The van der Waals surface area contributed by atoms with Crippen LogP contribution < -0.4 is 10.2 Å². The van der Waals surface area contributed by atoms with E-state index >= 15 is 0 Å². The summed E-state index contributed by atoms with van der Waals surface area (Å²) in [5, 5.41) is 4.84. The lowest BCUT2D eigenvalue weighted by atomic mass is 9.97. The zero-order valence-corrected chi connectivity index (χ0v) is 17.7. The number of carbonyl (C=O) groups excluding carboxylic acids is 2. The molecule has 1 N–H and O–H groups in total. The zero-order chi connectivity index (χ0) is 20.0. The van der Waals surface area contributed by atoms with Gasteiger partial charge in [0.15, 0.2) is 0 Å². The van der Waals surface area contributed by atoms with Gasteiger partial charge in [-0.15, -0.1) is 11.3 Å².